The Kier molecular flexibility index (Phi) is 4.26. The van der Waals surface area contributed by atoms with E-state index in [4.69, 9.17) is 0 Å². The molecule has 5 heteroatoms. The van der Waals surface area contributed by atoms with Crippen LogP contribution < -0.4 is 5.32 Å². The molecular formula is C14H23N3OS. The molecule has 1 aliphatic heterocycles. The molecule has 106 valence electrons. The van der Waals surface area contributed by atoms with Crippen molar-refractivity contribution < 1.29 is 4.79 Å². The molecule has 1 aliphatic rings. The van der Waals surface area contributed by atoms with Gasteiger partial charge in [-0.3, -0.25) is 9.69 Å². The predicted octanol–water partition coefficient (Wildman–Crippen LogP) is 2.90. The monoisotopic (exact) mass is 281 g/mol. The highest BCUT2D eigenvalue weighted by molar-refractivity contribution is 7.15. The largest absolute Gasteiger partial charge is 0.302 e. The van der Waals surface area contributed by atoms with E-state index in [-0.39, 0.29) is 11.3 Å². The molecule has 0 aromatic carbocycles. The number of aromatic nitrogens is 1. The van der Waals surface area contributed by atoms with Crippen molar-refractivity contribution in [2.24, 2.45) is 5.41 Å². The summed E-state index contributed by atoms with van der Waals surface area (Å²) in [5.41, 5.74) is 0.794. The van der Waals surface area contributed by atoms with E-state index in [1.807, 2.05) is 20.8 Å². The Morgan fingerprint density at radius 3 is 2.84 bits per heavy atom. The van der Waals surface area contributed by atoms with Gasteiger partial charge in [0.05, 0.1) is 5.69 Å². The van der Waals surface area contributed by atoms with Crippen molar-refractivity contribution in [1.82, 2.24) is 9.88 Å². The molecule has 2 rings (SSSR count). The van der Waals surface area contributed by atoms with Crippen molar-refractivity contribution in [3.63, 3.8) is 0 Å². The van der Waals surface area contributed by atoms with Crippen molar-refractivity contribution in [3.05, 3.63) is 10.6 Å². The number of hydrogen-bond acceptors (Lipinski definition) is 4. The minimum absolute atomic E-state index is 0.0315. The smallest absolute Gasteiger partial charge is 0.231 e. The molecule has 19 heavy (non-hydrogen) atoms. The minimum atomic E-state index is -0.375. The number of fused-ring (bicyclic) bond motifs is 1. The molecule has 4 nitrogen and oxygen atoms in total. The van der Waals surface area contributed by atoms with Gasteiger partial charge in [-0.15, -0.1) is 11.3 Å². The number of carbonyl (C=O) groups excluding carboxylic acids is 1. The molecule has 0 saturated carbocycles. The highest BCUT2D eigenvalue weighted by atomic mass is 32.1. The Morgan fingerprint density at radius 1 is 1.47 bits per heavy atom. The highest BCUT2D eigenvalue weighted by Gasteiger charge is 2.24. The lowest BCUT2D eigenvalue weighted by Crippen LogP contribution is -2.30. The lowest BCUT2D eigenvalue weighted by atomic mass is 9.96. The number of carbonyl (C=O) groups is 1. The van der Waals surface area contributed by atoms with Gasteiger partial charge in [-0.05, 0) is 13.0 Å². The van der Waals surface area contributed by atoms with Gasteiger partial charge < -0.3 is 5.32 Å². The van der Waals surface area contributed by atoms with E-state index >= 15 is 0 Å². The molecule has 0 spiro atoms. The fourth-order valence-electron chi connectivity index (χ4n) is 2.09. The van der Waals surface area contributed by atoms with Crippen LogP contribution in [0, 0.1) is 5.41 Å². The summed E-state index contributed by atoms with van der Waals surface area (Å²) in [7, 11) is 0. The number of anilines is 1. The molecule has 0 bridgehead atoms. The number of nitrogens with zero attached hydrogens (tertiary/aromatic N) is 2. The Labute approximate surface area is 119 Å². The van der Waals surface area contributed by atoms with E-state index in [0.717, 1.165) is 31.2 Å². The van der Waals surface area contributed by atoms with Crippen molar-refractivity contribution >= 4 is 22.4 Å². The average Bonchev–Trinajstić information content (AvgIpc) is 2.69. The van der Waals surface area contributed by atoms with Crippen LogP contribution in [-0.4, -0.2) is 28.9 Å². The lowest BCUT2D eigenvalue weighted by Gasteiger charge is -2.24. The topological polar surface area (TPSA) is 45.2 Å². The summed E-state index contributed by atoms with van der Waals surface area (Å²) in [5, 5.41) is 3.69. The van der Waals surface area contributed by atoms with Crippen molar-refractivity contribution in [2.75, 3.05) is 18.4 Å². The zero-order valence-electron chi connectivity index (χ0n) is 12.2. The van der Waals surface area contributed by atoms with Crippen molar-refractivity contribution in [3.8, 4) is 0 Å². The first-order chi connectivity index (χ1) is 8.90. The van der Waals surface area contributed by atoms with Gasteiger partial charge in [0, 0.05) is 29.8 Å². The summed E-state index contributed by atoms with van der Waals surface area (Å²) < 4.78 is 0. The van der Waals surface area contributed by atoms with E-state index in [0.29, 0.717) is 0 Å². The third-order valence-electron chi connectivity index (χ3n) is 3.25. The van der Waals surface area contributed by atoms with Crippen LogP contribution in [0.15, 0.2) is 0 Å². The van der Waals surface area contributed by atoms with E-state index in [1.165, 1.54) is 17.0 Å². The fraction of sp³-hybridized carbons (Fsp3) is 0.714. The summed E-state index contributed by atoms with van der Waals surface area (Å²) in [4.78, 5) is 20.3. The van der Waals surface area contributed by atoms with Crippen LogP contribution in [0.2, 0.25) is 0 Å². The molecular weight excluding hydrogens is 258 g/mol. The first-order valence-corrected chi connectivity index (χ1v) is 7.74. The van der Waals surface area contributed by atoms with Gasteiger partial charge in [0.25, 0.3) is 0 Å². The molecule has 0 saturated heterocycles. The maximum Gasteiger partial charge on any atom is 0.231 e. The van der Waals surface area contributed by atoms with Crippen LogP contribution in [0.3, 0.4) is 0 Å². The van der Waals surface area contributed by atoms with Crippen LogP contribution in [0.5, 0.6) is 0 Å². The standard InChI is InChI=1S/C14H23N3OS/c1-5-7-17-8-6-10-11(9-17)19-13(15-10)16-12(18)14(2,3)4/h5-9H2,1-4H3,(H,15,16,18). The highest BCUT2D eigenvalue weighted by Crippen LogP contribution is 2.29. The summed E-state index contributed by atoms with van der Waals surface area (Å²) in [5.74, 6) is 0.0315. The normalized spacial score (nSPS) is 16.2. The van der Waals surface area contributed by atoms with Crippen LogP contribution in [-0.2, 0) is 17.8 Å². The van der Waals surface area contributed by atoms with Gasteiger partial charge in [0.1, 0.15) is 0 Å². The minimum Gasteiger partial charge on any atom is -0.302 e. The van der Waals surface area contributed by atoms with Crippen LogP contribution in [0.1, 0.15) is 44.7 Å². The molecule has 1 aromatic rings. The maximum atomic E-state index is 12.0. The second-order valence-electron chi connectivity index (χ2n) is 6.12. The molecule has 1 aromatic heterocycles. The fourth-order valence-corrected chi connectivity index (χ4v) is 3.14. The van der Waals surface area contributed by atoms with Crippen LogP contribution >= 0.6 is 11.3 Å². The average molecular weight is 281 g/mol. The summed E-state index contributed by atoms with van der Waals surface area (Å²) in [6, 6.07) is 0. The van der Waals surface area contributed by atoms with Crippen molar-refractivity contribution in [1.29, 1.82) is 0 Å². The molecule has 0 aliphatic carbocycles. The van der Waals surface area contributed by atoms with Crippen LogP contribution in [0.4, 0.5) is 5.13 Å². The van der Waals surface area contributed by atoms with E-state index in [2.05, 4.69) is 22.1 Å². The first kappa shape index (κ1) is 14.5. The second-order valence-corrected chi connectivity index (χ2v) is 7.20. The van der Waals surface area contributed by atoms with Gasteiger partial charge in [-0.1, -0.05) is 27.7 Å². The Morgan fingerprint density at radius 2 is 2.21 bits per heavy atom. The second kappa shape index (κ2) is 5.59. The van der Waals surface area contributed by atoms with Crippen LogP contribution in [0.25, 0.3) is 0 Å². The molecule has 0 fully saturated rings. The predicted molar refractivity (Wildman–Crippen MR) is 79.5 cm³/mol. The number of rotatable bonds is 3. The molecule has 0 radical (unpaired) electrons. The Hall–Kier alpha value is -0.940. The molecule has 0 atom stereocenters. The quantitative estimate of drug-likeness (QED) is 0.926. The first-order valence-electron chi connectivity index (χ1n) is 6.92. The SMILES string of the molecule is CCCN1CCc2nc(NC(=O)C(C)(C)C)sc2C1. The van der Waals surface area contributed by atoms with E-state index in [1.54, 1.807) is 11.3 Å². The Bertz CT molecular complexity index is 462. The van der Waals surface area contributed by atoms with E-state index < -0.39 is 0 Å². The summed E-state index contributed by atoms with van der Waals surface area (Å²) in [6.07, 6.45) is 2.18. The zero-order chi connectivity index (χ0) is 14.0. The number of hydrogen-bond donors (Lipinski definition) is 1. The third-order valence-corrected chi connectivity index (χ3v) is 4.25. The van der Waals surface area contributed by atoms with E-state index in [9.17, 15) is 4.79 Å². The zero-order valence-corrected chi connectivity index (χ0v) is 13.1. The molecule has 0 unspecified atom stereocenters. The Balaban J connectivity index is 2.05. The number of nitrogens with one attached hydrogen (secondary N) is 1. The molecule has 1 amide bonds. The lowest BCUT2D eigenvalue weighted by molar-refractivity contribution is -0.123. The number of amides is 1. The van der Waals surface area contributed by atoms with Gasteiger partial charge in [-0.25, -0.2) is 4.98 Å². The molecule has 2 heterocycles. The maximum absolute atomic E-state index is 12.0. The van der Waals surface area contributed by atoms with Gasteiger partial charge in [-0.2, -0.15) is 0 Å². The van der Waals surface area contributed by atoms with Gasteiger partial charge >= 0.3 is 0 Å². The van der Waals surface area contributed by atoms with Gasteiger partial charge in [0.2, 0.25) is 5.91 Å². The van der Waals surface area contributed by atoms with Crippen molar-refractivity contribution in [2.45, 2.75) is 47.1 Å². The van der Waals surface area contributed by atoms with Gasteiger partial charge in [0.15, 0.2) is 5.13 Å². The molecule has 1 N–H and O–H groups in total. The summed E-state index contributed by atoms with van der Waals surface area (Å²) >= 11 is 1.62. The number of thiazole rings is 1. The summed E-state index contributed by atoms with van der Waals surface area (Å²) in [6.45, 7) is 11.2. The third kappa shape index (κ3) is 3.54.